The van der Waals surface area contributed by atoms with Crippen LogP contribution in [-0.2, 0) is 13.1 Å². The molecule has 0 unspecified atom stereocenters. The number of benzene rings is 2. The van der Waals surface area contributed by atoms with E-state index in [1.165, 1.54) is 0 Å². The molecule has 0 heterocycles. The van der Waals surface area contributed by atoms with Gasteiger partial charge in [-0.25, -0.2) is 0 Å². The van der Waals surface area contributed by atoms with Gasteiger partial charge in [-0.3, -0.25) is 0 Å². The van der Waals surface area contributed by atoms with E-state index in [4.69, 9.17) is 32.7 Å². The predicted molar refractivity (Wildman–Crippen MR) is 86.6 cm³/mol. The fourth-order valence-corrected chi connectivity index (χ4v) is 2.40. The SMILES string of the molecule is COc1ccc(CNCc2cccc(Cl)c2Cl)c(OC)c1. The topological polar surface area (TPSA) is 30.5 Å². The number of hydrogen-bond donors (Lipinski definition) is 1. The molecule has 5 heteroatoms. The van der Waals surface area contributed by atoms with E-state index in [9.17, 15) is 0 Å². The van der Waals surface area contributed by atoms with Gasteiger partial charge < -0.3 is 14.8 Å². The second kappa shape index (κ2) is 7.55. The van der Waals surface area contributed by atoms with Gasteiger partial charge in [-0.1, -0.05) is 41.4 Å². The summed E-state index contributed by atoms with van der Waals surface area (Å²) in [6.45, 7) is 1.30. The van der Waals surface area contributed by atoms with Crippen LogP contribution in [0, 0.1) is 0 Å². The molecule has 0 saturated heterocycles. The predicted octanol–water partition coefficient (Wildman–Crippen LogP) is 4.30. The molecule has 0 aliphatic heterocycles. The number of nitrogens with one attached hydrogen (secondary N) is 1. The molecule has 3 nitrogen and oxygen atoms in total. The minimum atomic E-state index is 0.568. The number of ether oxygens (including phenoxy) is 2. The zero-order valence-corrected chi connectivity index (χ0v) is 13.5. The molecular weight excluding hydrogens is 309 g/mol. The summed E-state index contributed by atoms with van der Waals surface area (Å²) in [6.07, 6.45) is 0. The molecule has 0 aliphatic carbocycles. The molecule has 0 atom stereocenters. The van der Waals surface area contributed by atoms with E-state index in [-0.39, 0.29) is 0 Å². The van der Waals surface area contributed by atoms with Crippen molar-refractivity contribution in [2.75, 3.05) is 14.2 Å². The van der Waals surface area contributed by atoms with E-state index in [0.29, 0.717) is 23.1 Å². The fourth-order valence-electron chi connectivity index (χ4n) is 2.01. The van der Waals surface area contributed by atoms with Crippen molar-refractivity contribution in [1.29, 1.82) is 0 Å². The van der Waals surface area contributed by atoms with Gasteiger partial charge in [0, 0.05) is 24.7 Å². The van der Waals surface area contributed by atoms with E-state index in [1.807, 2.05) is 30.3 Å². The second-order valence-electron chi connectivity index (χ2n) is 4.49. The van der Waals surface area contributed by atoms with E-state index in [0.717, 1.165) is 22.6 Å². The maximum atomic E-state index is 6.16. The summed E-state index contributed by atoms with van der Waals surface area (Å²) in [7, 11) is 3.28. The molecular formula is C16H17Cl2NO2. The van der Waals surface area contributed by atoms with Crippen molar-refractivity contribution in [3.8, 4) is 11.5 Å². The third-order valence-electron chi connectivity index (χ3n) is 3.16. The van der Waals surface area contributed by atoms with Gasteiger partial charge in [-0.2, -0.15) is 0 Å². The van der Waals surface area contributed by atoms with Crippen LogP contribution in [0.2, 0.25) is 10.0 Å². The summed E-state index contributed by atoms with van der Waals surface area (Å²) in [6, 6.07) is 11.4. The highest BCUT2D eigenvalue weighted by molar-refractivity contribution is 6.42. The Hall–Kier alpha value is -1.42. The van der Waals surface area contributed by atoms with Gasteiger partial charge in [-0.15, -0.1) is 0 Å². The summed E-state index contributed by atoms with van der Waals surface area (Å²) in [5, 5.41) is 4.49. The van der Waals surface area contributed by atoms with E-state index in [1.54, 1.807) is 20.3 Å². The number of rotatable bonds is 6. The first-order valence-electron chi connectivity index (χ1n) is 6.50. The van der Waals surface area contributed by atoms with E-state index < -0.39 is 0 Å². The third-order valence-corrected chi connectivity index (χ3v) is 4.01. The van der Waals surface area contributed by atoms with Crippen molar-refractivity contribution in [3.63, 3.8) is 0 Å². The summed E-state index contributed by atoms with van der Waals surface area (Å²) in [5.41, 5.74) is 2.02. The van der Waals surface area contributed by atoms with Crippen LogP contribution in [0.25, 0.3) is 0 Å². The molecule has 2 aromatic rings. The van der Waals surface area contributed by atoms with Gasteiger partial charge in [0.05, 0.1) is 24.3 Å². The molecule has 1 N–H and O–H groups in total. The Balaban J connectivity index is 2.02. The molecule has 21 heavy (non-hydrogen) atoms. The van der Waals surface area contributed by atoms with E-state index >= 15 is 0 Å². The molecule has 0 aliphatic rings. The van der Waals surface area contributed by atoms with Crippen LogP contribution >= 0.6 is 23.2 Å². The summed E-state index contributed by atoms with van der Waals surface area (Å²) in [4.78, 5) is 0. The van der Waals surface area contributed by atoms with Crippen LogP contribution in [-0.4, -0.2) is 14.2 Å². The maximum absolute atomic E-state index is 6.16. The monoisotopic (exact) mass is 325 g/mol. The second-order valence-corrected chi connectivity index (χ2v) is 5.28. The third kappa shape index (κ3) is 4.03. The van der Waals surface area contributed by atoms with Crippen LogP contribution in [0.5, 0.6) is 11.5 Å². The molecule has 0 radical (unpaired) electrons. The largest absolute Gasteiger partial charge is 0.497 e. The summed E-state index contributed by atoms with van der Waals surface area (Å²) < 4.78 is 10.5. The molecule has 0 fully saturated rings. The highest BCUT2D eigenvalue weighted by atomic mass is 35.5. The average Bonchev–Trinajstić information content (AvgIpc) is 2.51. The Kier molecular flexibility index (Phi) is 5.74. The number of halogens is 2. The van der Waals surface area contributed by atoms with Crippen molar-refractivity contribution < 1.29 is 9.47 Å². The highest BCUT2D eigenvalue weighted by Gasteiger charge is 2.07. The quantitative estimate of drug-likeness (QED) is 0.858. The molecule has 2 rings (SSSR count). The molecule has 0 spiro atoms. The highest BCUT2D eigenvalue weighted by Crippen LogP contribution is 2.26. The molecule has 112 valence electrons. The zero-order valence-electron chi connectivity index (χ0n) is 12.0. The Morgan fingerprint density at radius 1 is 0.952 bits per heavy atom. The lowest BCUT2D eigenvalue weighted by atomic mass is 10.1. The molecule has 0 aromatic heterocycles. The Morgan fingerprint density at radius 2 is 1.71 bits per heavy atom. The van der Waals surface area contributed by atoms with Gasteiger partial charge in [0.25, 0.3) is 0 Å². The van der Waals surface area contributed by atoms with Crippen molar-refractivity contribution in [2.45, 2.75) is 13.1 Å². The van der Waals surface area contributed by atoms with Gasteiger partial charge in [-0.05, 0) is 17.7 Å². The van der Waals surface area contributed by atoms with Crippen LogP contribution in [0.1, 0.15) is 11.1 Å². The molecule has 0 saturated carbocycles. The van der Waals surface area contributed by atoms with Crippen LogP contribution < -0.4 is 14.8 Å². The lowest BCUT2D eigenvalue weighted by Crippen LogP contribution is -2.13. The van der Waals surface area contributed by atoms with Crippen molar-refractivity contribution in [2.24, 2.45) is 0 Å². The normalized spacial score (nSPS) is 10.5. The maximum Gasteiger partial charge on any atom is 0.127 e. The van der Waals surface area contributed by atoms with Crippen LogP contribution in [0.15, 0.2) is 36.4 Å². The Morgan fingerprint density at radius 3 is 2.43 bits per heavy atom. The first-order valence-corrected chi connectivity index (χ1v) is 7.25. The minimum Gasteiger partial charge on any atom is -0.497 e. The lowest BCUT2D eigenvalue weighted by Gasteiger charge is -2.12. The fraction of sp³-hybridized carbons (Fsp3) is 0.250. The molecule has 0 bridgehead atoms. The van der Waals surface area contributed by atoms with Crippen LogP contribution in [0.3, 0.4) is 0 Å². The van der Waals surface area contributed by atoms with Crippen molar-refractivity contribution >= 4 is 23.2 Å². The Bertz CT molecular complexity index is 617. The number of methoxy groups -OCH3 is 2. The van der Waals surface area contributed by atoms with Crippen LogP contribution in [0.4, 0.5) is 0 Å². The van der Waals surface area contributed by atoms with Gasteiger partial charge in [0.1, 0.15) is 11.5 Å². The van der Waals surface area contributed by atoms with Gasteiger partial charge in [0.15, 0.2) is 0 Å². The zero-order chi connectivity index (χ0) is 15.2. The summed E-state index contributed by atoms with van der Waals surface area (Å²) >= 11 is 12.2. The average molecular weight is 326 g/mol. The van der Waals surface area contributed by atoms with E-state index in [2.05, 4.69) is 5.32 Å². The molecule has 0 amide bonds. The van der Waals surface area contributed by atoms with Gasteiger partial charge >= 0.3 is 0 Å². The van der Waals surface area contributed by atoms with Gasteiger partial charge in [0.2, 0.25) is 0 Å². The standard InChI is InChI=1S/C16H17Cl2NO2/c1-20-13-7-6-11(15(8-13)21-2)9-19-10-12-4-3-5-14(17)16(12)18/h3-8,19H,9-10H2,1-2H3. The summed E-state index contributed by atoms with van der Waals surface area (Å²) in [5.74, 6) is 1.56. The van der Waals surface area contributed by atoms with Crippen molar-refractivity contribution in [3.05, 3.63) is 57.6 Å². The first kappa shape index (κ1) is 16.0. The first-order chi connectivity index (χ1) is 10.2. The van der Waals surface area contributed by atoms with Crippen molar-refractivity contribution in [1.82, 2.24) is 5.32 Å². The minimum absolute atomic E-state index is 0.568. The lowest BCUT2D eigenvalue weighted by molar-refractivity contribution is 0.390. The number of hydrogen-bond acceptors (Lipinski definition) is 3. The smallest absolute Gasteiger partial charge is 0.127 e. The Labute approximate surface area is 134 Å². The molecule has 2 aromatic carbocycles.